The van der Waals surface area contributed by atoms with Crippen LogP contribution in [-0.4, -0.2) is 71.1 Å². The molecule has 0 amide bonds. The summed E-state index contributed by atoms with van der Waals surface area (Å²) in [7, 11) is 1.63. The molecule has 1 N–H and O–H groups in total. The van der Waals surface area contributed by atoms with E-state index in [0.29, 0.717) is 6.54 Å². The fourth-order valence-electron chi connectivity index (χ4n) is 4.79. The lowest BCUT2D eigenvalue weighted by Crippen LogP contribution is -2.55. The van der Waals surface area contributed by atoms with Crippen molar-refractivity contribution in [3.05, 3.63) is 59.9 Å². The average Bonchev–Trinajstić information content (AvgIpc) is 2.80. The lowest BCUT2D eigenvalue weighted by atomic mass is 9.87. The number of hydrogen-bond acceptors (Lipinski definition) is 6. The first-order valence-electron chi connectivity index (χ1n) is 10.9. The van der Waals surface area contributed by atoms with E-state index in [1.165, 1.54) is 5.56 Å². The van der Waals surface area contributed by atoms with E-state index in [2.05, 4.69) is 20.9 Å². The molecule has 2 atom stereocenters. The molecule has 4 rings (SSSR count). The van der Waals surface area contributed by atoms with Crippen molar-refractivity contribution < 1.29 is 14.6 Å². The fraction of sp³-hybridized carbons (Fsp3) is 0.500. The Labute approximate surface area is 178 Å². The van der Waals surface area contributed by atoms with Crippen molar-refractivity contribution in [1.82, 2.24) is 14.8 Å². The number of pyridine rings is 1. The SMILES string of the molecule is COc1ccc(C(=O)C2CCN(C3CCN(Cc4cccnc4)CC3O)CC2)cc1. The standard InChI is InChI=1S/C24H31N3O3/c1-30-21-6-4-19(5-7-21)24(29)20-8-13-27(14-9-20)22-10-12-26(17-23(22)28)16-18-3-2-11-25-15-18/h2-7,11,15,20,22-23,28H,8-10,12-14,16-17H2,1H3. The van der Waals surface area contributed by atoms with Crippen LogP contribution in [-0.2, 0) is 6.54 Å². The van der Waals surface area contributed by atoms with Crippen molar-refractivity contribution in [2.45, 2.75) is 38.0 Å². The monoisotopic (exact) mass is 409 g/mol. The maximum Gasteiger partial charge on any atom is 0.166 e. The minimum Gasteiger partial charge on any atom is -0.497 e. The highest BCUT2D eigenvalue weighted by Crippen LogP contribution is 2.27. The number of benzene rings is 1. The average molecular weight is 410 g/mol. The third-order valence-electron chi connectivity index (χ3n) is 6.50. The van der Waals surface area contributed by atoms with Crippen molar-refractivity contribution in [2.75, 3.05) is 33.3 Å². The van der Waals surface area contributed by atoms with E-state index in [4.69, 9.17) is 4.74 Å². The third-order valence-corrected chi connectivity index (χ3v) is 6.50. The largest absolute Gasteiger partial charge is 0.497 e. The lowest BCUT2D eigenvalue weighted by molar-refractivity contribution is -0.0251. The molecule has 2 aliphatic rings. The molecule has 6 nitrogen and oxygen atoms in total. The lowest BCUT2D eigenvalue weighted by Gasteiger charge is -2.44. The van der Waals surface area contributed by atoms with Crippen LogP contribution in [0.4, 0.5) is 0 Å². The molecule has 2 saturated heterocycles. The Hall–Kier alpha value is -2.28. The second-order valence-electron chi connectivity index (χ2n) is 8.42. The van der Waals surface area contributed by atoms with Gasteiger partial charge in [-0.2, -0.15) is 0 Å². The van der Waals surface area contributed by atoms with Crippen LogP contribution in [0, 0.1) is 5.92 Å². The van der Waals surface area contributed by atoms with Crippen LogP contribution in [0.5, 0.6) is 5.75 Å². The molecule has 0 radical (unpaired) electrons. The van der Waals surface area contributed by atoms with E-state index < -0.39 is 0 Å². The molecule has 2 aromatic rings. The molecule has 1 aromatic carbocycles. The molecule has 2 fully saturated rings. The highest BCUT2D eigenvalue weighted by molar-refractivity contribution is 5.98. The summed E-state index contributed by atoms with van der Waals surface area (Å²) in [5.41, 5.74) is 1.94. The number of nitrogens with zero attached hydrogens (tertiary/aromatic N) is 3. The molecule has 6 heteroatoms. The Kier molecular flexibility index (Phi) is 6.77. The summed E-state index contributed by atoms with van der Waals surface area (Å²) in [5.74, 6) is 1.06. The number of carbonyl (C=O) groups is 1. The highest BCUT2D eigenvalue weighted by atomic mass is 16.5. The number of ether oxygens (including phenoxy) is 1. The Morgan fingerprint density at radius 1 is 1.13 bits per heavy atom. The summed E-state index contributed by atoms with van der Waals surface area (Å²) in [5, 5.41) is 10.8. The minimum atomic E-state index is -0.357. The van der Waals surface area contributed by atoms with Gasteiger partial charge in [0.15, 0.2) is 5.78 Å². The smallest absolute Gasteiger partial charge is 0.166 e. The molecule has 2 unspecified atom stereocenters. The summed E-state index contributed by atoms with van der Waals surface area (Å²) in [4.78, 5) is 21.7. The van der Waals surface area contributed by atoms with Gasteiger partial charge in [0, 0.05) is 49.6 Å². The quantitative estimate of drug-likeness (QED) is 0.740. The summed E-state index contributed by atoms with van der Waals surface area (Å²) in [6.45, 7) is 4.23. The molecule has 0 spiro atoms. The number of likely N-dealkylation sites (tertiary alicyclic amines) is 2. The molecular weight excluding hydrogens is 378 g/mol. The normalized spacial score (nSPS) is 23.9. The topological polar surface area (TPSA) is 65.9 Å². The van der Waals surface area contributed by atoms with Crippen LogP contribution < -0.4 is 4.74 Å². The predicted octanol–water partition coefficient (Wildman–Crippen LogP) is 2.62. The van der Waals surface area contributed by atoms with Crippen LogP contribution in [0.3, 0.4) is 0 Å². The maximum absolute atomic E-state index is 12.8. The van der Waals surface area contributed by atoms with E-state index >= 15 is 0 Å². The third kappa shape index (κ3) is 4.89. The first-order chi connectivity index (χ1) is 14.6. The number of piperidine rings is 2. The zero-order valence-electron chi connectivity index (χ0n) is 17.6. The minimum absolute atomic E-state index is 0.0671. The summed E-state index contributed by atoms with van der Waals surface area (Å²) in [6.07, 6.45) is 5.99. The summed E-state index contributed by atoms with van der Waals surface area (Å²) >= 11 is 0. The van der Waals surface area contributed by atoms with Crippen LogP contribution in [0.1, 0.15) is 35.2 Å². The van der Waals surface area contributed by atoms with Gasteiger partial charge in [0.1, 0.15) is 5.75 Å². The first-order valence-corrected chi connectivity index (χ1v) is 10.9. The van der Waals surface area contributed by atoms with Gasteiger partial charge in [-0.25, -0.2) is 0 Å². The Morgan fingerprint density at radius 3 is 2.53 bits per heavy atom. The van der Waals surface area contributed by atoms with Crippen molar-refractivity contribution >= 4 is 5.78 Å². The van der Waals surface area contributed by atoms with Gasteiger partial charge < -0.3 is 9.84 Å². The number of β-amino-alcohol motifs (C(OH)–C–C–N with tert-alkyl or cyclic N) is 1. The molecule has 1 aromatic heterocycles. The number of methoxy groups -OCH3 is 1. The van der Waals surface area contributed by atoms with Gasteiger partial charge in [-0.1, -0.05) is 6.07 Å². The number of aliphatic hydroxyl groups is 1. The Bertz CT molecular complexity index is 819. The van der Waals surface area contributed by atoms with E-state index in [0.717, 1.165) is 56.8 Å². The van der Waals surface area contributed by atoms with Crippen LogP contribution in [0.2, 0.25) is 0 Å². The molecule has 3 heterocycles. The summed E-state index contributed by atoms with van der Waals surface area (Å²) in [6, 6.07) is 11.6. The van der Waals surface area contributed by atoms with Gasteiger partial charge in [-0.05, 0) is 68.2 Å². The number of Topliss-reactive ketones (excluding diaryl/α,β-unsaturated/α-hetero) is 1. The van der Waals surface area contributed by atoms with Gasteiger partial charge >= 0.3 is 0 Å². The van der Waals surface area contributed by atoms with Gasteiger partial charge in [0.2, 0.25) is 0 Å². The van der Waals surface area contributed by atoms with Crippen molar-refractivity contribution in [1.29, 1.82) is 0 Å². The highest BCUT2D eigenvalue weighted by Gasteiger charge is 2.35. The number of rotatable bonds is 6. The van der Waals surface area contributed by atoms with Gasteiger partial charge in [0.25, 0.3) is 0 Å². The van der Waals surface area contributed by atoms with Gasteiger partial charge in [-0.3, -0.25) is 19.6 Å². The Morgan fingerprint density at radius 2 is 1.90 bits per heavy atom. The van der Waals surface area contributed by atoms with Gasteiger partial charge in [-0.15, -0.1) is 0 Å². The number of hydrogen-bond donors (Lipinski definition) is 1. The zero-order valence-corrected chi connectivity index (χ0v) is 17.6. The molecule has 160 valence electrons. The van der Waals surface area contributed by atoms with E-state index in [-0.39, 0.29) is 23.8 Å². The summed E-state index contributed by atoms with van der Waals surface area (Å²) < 4.78 is 5.18. The number of carbonyl (C=O) groups excluding carboxylic acids is 1. The van der Waals surface area contributed by atoms with E-state index in [9.17, 15) is 9.90 Å². The molecule has 0 saturated carbocycles. The Balaban J connectivity index is 1.27. The maximum atomic E-state index is 12.8. The molecule has 0 aliphatic carbocycles. The number of aromatic nitrogens is 1. The van der Waals surface area contributed by atoms with E-state index in [1.54, 1.807) is 13.3 Å². The second kappa shape index (κ2) is 9.69. The van der Waals surface area contributed by atoms with Gasteiger partial charge in [0.05, 0.1) is 13.2 Å². The number of ketones is 1. The first kappa shape index (κ1) is 21.0. The van der Waals surface area contributed by atoms with Crippen LogP contribution in [0.15, 0.2) is 48.8 Å². The number of aliphatic hydroxyl groups excluding tert-OH is 1. The zero-order chi connectivity index (χ0) is 20.9. The van der Waals surface area contributed by atoms with Crippen molar-refractivity contribution in [3.8, 4) is 5.75 Å². The molecule has 0 bridgehead atoms. The van der Waals surface area contributed by atoms with Crippen LogP contribution in [0.25, 0.3) is 0 Å². The van der Waals surface area contributed by atoms with E-state index in [1.807, 2.05) is 36.5 Å². The molecular formula is C24H31N3O3. The van der Waals surface area contributed by atoms with Crippen molar-refractivity contribution in [3.63, 3.8) is 0 Å². The predicted molar refractivity (Wildman–Crippen MR) is 116 cm³/mol. The molecule has 2 aliphatic heterocycles. The van der Waals surface area contributed by atoms with Crippen molar-refractivity contribution in [2.24, 2.45) is 5.92 Å². The molecule has 30 heavy (non-hydrogen) atoms. The van der Waals surface area contributed by atoms with Crippen LogP contribution >= 0.6 is 0 Å². The second-order valence-corrected chi connectivity index (χ2v) is 8.42. The fourth-order valence-corrected chi connectivity index (χ4v) is 4.79.